The number of likely N-dealkylation sites (N-methyl/N-ethyl adjacent to an activating group) is 1. The first-order valence-corrected chi connectivity index (χ1v) is 11.9. The van der Waals surface area contributed by atoms with Crippen LogP contribution in [0.1, 0.15) is 27.2 Å². The third kappa shape index (κ3) is 5.37. The van der Waals surface area contributed by atoms with E-state index in [0.29, 0.717) is 0 Å². The minimum Gasteiger partial charge on any atom is -0.378 e. The molecule has 4 rings (SSSR count). The normalized spacial score (nSPS) is 17.8. The van der Waals surface area contributed by atoms with Crippen LogP contribution < -0.4 is 4.90 Å². The Labute approximate surface area is 188 Å². The smallest absolute Gasteiger partial charge is 0.253 e. The number of amides is 1. The van der Waals surface area contributed by atoms with Crippen molar-refractivity contribution in [3.05, 3.63) is 46.6 Å². The topological polar surface area (TPSA) is 61.8 Å². The molecule has 2 aromatic rings. The molecule has 2 fully saturated rings. The Kier molecular flexibility index (Phi) is 7.09. The van der Waals surface area contributed by atoms with E-state index in [4.69, 9.17) is 9.72 Å². The Morgan fingerprint density at radius 2 is 1.68 bits per heavy atom. The second-order valence-electron chi connectivity index (χ2n) is 8.22. The summed E-state index contributed by atoms with van der Waals surface area (Å²) in [5.74, 6) is 1.92. The number of rotatable bonds is 5. The number of morpholine rings is 1. The molecule has 2 saturated heterocycles. The number of carbonyl (C=O) groups is 1. The Bertz CT molecular complexity index is 907. The highest BCUT2D eigenvalue weighted by Gasteiger charge is 2.20. The van der Waals surface area contributed by atoms with Crippen LogP contribution in [0.5, 0.6) is 0 Å². The van der Waals surface area contributed by atoms with Crippen LogP contribution in [0.15, 0.2) is 29.4 Å². The number of piperazine rings is 1. The fourth-order valence-corrected chi connectivity index (χ4v) is 4.66. The SMILES string of the molecule is Cc1nc(SCc2ccc(C(=O)N3CCN(C)CC3)cc2)nc(N2CCOCC2)c1C. The number of aromatic nitrogens is 2. The number of thioether (sulfide) groups is 1. The zero-order valence-corrected chi connectivity index (χ0v) is 19.5. The molecule has 0 saturated carbocycles. The lowest BCUT2D eigenvalue weighted by Gasteiger charge is -2.32. The molecule has 1 aromatic carbocycles. The van der Waals surface area contributed by atoms with Gasteiger partial charge in [-0.15, -0.1) is 0 Å². The van der Waals surface area contributed by atoms with Crippen molar-refractivity contribution in [1.29, 1.82) is 0 Å². The summed E-state index contributed by atoms with van der Waals surface area (Å²) in [5.41, 5.74) is 4.08. The summed E-state index contributed by atoms with van der Waals surface area (Å²) in [4.78, 5) is 28.7. The quantitative estimate of drug-likeness (QED) is 0.522. The van der Waals surface area contributed by atoms with Crippen molar-refractivity contribution in [2.24, 2.45) is 0 Å². The summed E-state index contributed by atoms with van der Waals surface area (Å²) >= 11 is 1.64. The highest BCUT2D eigenvalue weighted by Crippen LogP contribution is 2.26. The maximum atomic E-state index is 12.7. The van der Waals surface area contributed by atoms with Crippen molar-refractivity contribution in [3.8, 4) is 0 Å². The first-order chi connectivity index (χ1) is 15.0. The Balaban J connectivity index is 1.39. The fraction of sp³-hybridized carbons (Fsp3) is 0.522. The van der Waals surface area contributed by atoms with Gasteiger partial charge >= 0.3 is 0 Å². The molecule has 0 radical (unpaired) electrons. The molecule has 2 aliphatic rings. The van der Waals surface area contributed by atoms with Crippen LogP contribution in [-0.4, -0.2) is 85.2 Å². The van der Waals surface area contributed by atoms with Crippen molar-refractivity contribution >= 4 is 23.5 Å². The summed E-state index contributed by atoms with van der Waals surface area (Å²) < 4.78 is 5.48. The number of ether oxygens (including phenoxy) is 1. The first kappa shape index (κ1) is 22.0. The van der Waals surface area contributed by atoms with Crippen LogP contribution >= 0.6 is 11.8 Å². The van der Waals surface area contributed by atoms with Gasteiger partial charge in [0.1, 0.15) is 5.82 Å². The van der Waals surface area contributed by atoms with Crippen LogP contribution in [0.3, 0.4) is 0 Å². The van der Waals surface area contributed by atoms with Gasteiger partial charge in [0, 0.05) is 61.8 Å². The minimum absolute atomic E-state index is 0.125. The summed E-state index contributed by atoms with van der Waals surface area (Å²) in [7, 11) is 2.09. The Hall–Kier alpha value is -2.16. The molecule has 7 nitrogen and oxygen atoms in total. The zero-order chi connectivity index (χ0) is 21.8. The molecule has 8 heteroatoms. The van der Waals surface area contributed by atoms with Gasteiger partial charge in [-0.2, -0.15) is 0 Å². The van der Waals surface area contributed by atoms with Crippen molar-refractivity contribution in [2.45, 2.75) is 24.8 Å². The highest BCUT2D eigenvalue weighted by atomic mass is 32.2. The fourth-order valence-electron chi connectivity index (χ4n) is 3.82. The third-order valence-electron chi connectivity index (χ3n) is 6.01. The van der Waals surface area contributed by atoms with E-state index in [-0.39, 0.29) is 5.91 Å². The first-order valence-electron chi connectivity index (χ1n) is 10.9. The average Bonchev–Trinajstić information content (AvgIpc) is 2.80. The lowest BCUT2D eigenvalue weighted by atomic mass is 10.1. The van der Waals surface area contributed by atoms with Gasteiger partial charge in [0.25, 0.3) is 5.91 Å². The van der Waals surface area contributed by atoms with Crippen molar-refractivity contribution in [1.82, 2.24) is 19.8 Å². The van der Waals surface area contributed by atoms with Gasteiger partial charge < -0.3 is 19.4 Å². The number of hydrogen-bond acceptors (Lipinski definition) is 7. The third-order valence-corrected chi connectivity index (χ3v) is 6.93. The van der Waals surface area contributed by atoms with Gasteiger partial charge in [-0.05, 0) is 38.6 Å². The Morgan fingerprint density at radius 1 is 1.00 bits per heavy atom. The molecule has 3 heterocycles. The predicted molar refractivity (Wildman–Crippen MR) is 124 cm³/mol. The molecule has 31 heavy (non-hydrogen) atoms. The van der Waals surface area contributed by atoms with Crippen LogP contribution in [0.2, 0.25) is 0 Å². The average molecular weight is 442 g/mol. The van der Waals surface area contributed by atoms with Crippen molar-refractivity contribution in [2.75, 3.05) is 64.4 Å². The lowest BCUT2D eigenvalue weighted by molar-refractivity contribution is 0.0664. The molecule has 0 atom stereocenters. The lowest BCUT2D eigenvalue weighted by Crippen LogP contribution is -2.47. The van der Waals surface area contributed by atoms with Crippen LogP contribution in [0, 0.1) is 13.8 Å². The van der Waals surface area contributed by atoms with Gasteiger partial charge in [-0.25, -0.2) is 9.97 Å². The molecule has 0 spiro atoms. The molecule has 0 N–H and O–H groups in total. The maximum Gasteiger partial charge on any atom is 0.253 e. The second kappa shape index (κ2) is 9.97. The molecule has 166 valence electrons. The van der Waals surface area contributed by atoms with E-state index in [2.05, 4.69) is 28.8 Å². The summed E-state index contributed by atoms with van der Waals surface area (Å²) in [6.45, 7) is 10.8. The van der Waals surface area contributed by atoms with Gasteiger partial charge in [0.15, 0.2) is 5.16 Å². The molecular formula is C23H31N5O2S. The van der Waals surface area contributed by atoms with Crippen LogP contribution in [-0.2, 0) is 10.5 Å². The standard InChI is InChI=1S/C23H31N5O2S/c1-17-18(2)24-23(25-21(17)27-12-14-30-15-13-27)31-16-19-4-6-20(7-5-19)22(29)28-10-8-26(3)9-11-28/h4-7H,8-16H2,1-3H3. The summed E-state index contributed by atoms with van der Waals surface area (Å²) in [5, 5.41) is 0.794. The summed E-state index contributed by atoms with van der Waals surface area (Å²) in [6.07, 6.45) is 0. The minimum atomic E-state index is 0.125. The van der Waals surface area contributed by atoms with E-state index in [1.54, 1.807) is 11.8 Å². The number of benzene rings is 1. The molecule has 2 aliphatic heterocycles. The van der Waals surface area contributed by atoms with E-state index >= 15 is 0 Å². The number of hydrogen-bond donors (Lipinski definition) is 0. The Morgan fingerprint density at radius 3 is 2.35 bits per heavy atom. The summed E-state index contributed by atoms with van der Waals surface area (Å²) in [6, 6.07) is 7.97. The highest BCUT2D eigenvalue weighted by molar-refractivity contribution is 7.98. The van der Waals surface area contributed by atoms with Crippen LogP contribution in [0.4, 0.5) is 5.82 Å². The monoisotopic (exact) mass is 441 g/mol. The van der Waals surface area contributed by atoms with E-state index in [1.807, 2.05) is 36.1 Å². The van der Waals surface area contributed by atoms with Gasteiger partial charge in [0.2, 0.25) is 0 Å². The largest absolute Gasteiger partial charge is 0.378 e. The predicted octanol–water partition coefficient (Wildman–Crippen LogP) is 2.61. The van der Waals surface area contributed by atoms with Gasteiger partial charge in [-0.1, -0.05) is 23.9 Å². The van der Waals surface area contributed by atoms with Crippen LogP contribution in [0.25, 0.3) is 0 Å². The zero-order valence-electron chi connectivity index (χ0n) is 18.6. The number of carbonyl (C=O) groups excluding carboxylic acids is 1. The number of anilines is 1. The molecule has 0 aliphatic carbocycles. The molecular weight excluding hydrogens is 410 g/mol. The van der Waals surface area contributed by atoms with Crippen molar-refractivity contribution < 1.29 is 9.53 Å². The molecule has 1 amide bonds. The van der Waals surface area contributed by atoms with Crippen molar-refractivity contribution in [3.63, 3.8) is 0 Å². The van der Waals surface area contributed by atoms with E-state index < -0.39 is 0 Å². The second-order valence-corrected chi connectivity index (χ2v) is 9.16. The number of aryl methyl sites for hydroxylation is 1. The molecule has 0 bridgehead atoms. The van der Waals surface area contributed by atoms with E-state index in [9.17, 15) is 4.79 Å². The molecule has 0 unspecified atom stereocenters. The van der Waals surface area contributed by atoms with E-state index in [0.717, 1.165) is 91.6 Å². The maximum absolute atomic E-state index is 12.7. The van der Waals surface area contributed by atoms with E-state index in [1.165, 1.54) is 0 Å². The van der Waals surface area contributed by atoms with Gasteiger partial charge in [-0.3, -0.25) is 4.79 Å². The molecule has 1 aromatic heterocycles. The van der Waals surface area contributed by atoms with Gasteiger partial charge in [0.05, 0.1) is 13.2 Å². The number of nitrogens with zero attached hydrogens (tertiary/aromatic N) is 5.